The predicted molar refractivity (Wildman–Crippen MR) is 107 cm³/mol. The molecule has 5 nitrogen and oxygen atoms in total. The molecule has 1 unspecified atom stereocenters. The van der Waals surface area contributed by atoms with Crippen LogP contribution in [0.1, 0.15) is 32.3 Å². The minimum atomic E-state index is -0.373. The average Bonchev–Trinajstić information content (AvgIpc) is 3.09. The molecule has 1 aliphatic rings. The van der Waals surface area contributed by atoms with Crippen LogP contribution >= 0.6 is 0 Å². The van der Waals surface area contributed by atoms with Gasteiger partial charge in [-0.15, -0.1) is 0 Å². The second-order valence-corrected chi connectivity index (χ2v) is 6.76. The normalized spacial score (nSPS) is 16.4. The lowest BCUT2D eigenvalue weighted by molar-refractivity contribution is -0.122. The molecule has 2 aromatic rings. The fraction of sp³-hybridized carbons (Fsp3) is 0.364. The molecule has 1 atom stereocenters. The molecule has 142 valence electrons. The second kappa shape index (κ2) is 8.71. The predicted octanol–water partition coefficient (Wildman–Crippen LogP) is 4.03. The standard InChI is InChI=1S/C22H26N2O3/c1-3-13-27-20-8-6-5-7-19(20)23-22(26)17-14-21(25)24(15-17)18-11-9-16(4-2)10-12-18/h5-12,17H,3-4,13-15H2,1-2H3,(H,23,26). The highest BCUT2D eigenvalue weighted by atomic mass is 16.5. The third-order valence-electron chi connectivity index (χ3n) is 4.76. The van der Waals surface area contributed by atoms with Crippen molar-refractivity contribution in [3.8, 4) is 5.75 Å². The lowest BCUT2D eigenvalue weighted by Gasteiger charge is -2.17. The number of amides is 2. The van der Waals surface area contributed by atoms with Crippen LogP contribution in [0.4, 0.5) is 11.4 Å². The number of hydrogen-bond donors (Lipinski definition) is 1. The fourth-order valence-corrected chi connectivity index (χ4v) is 3.19. The number of rotatable bonds is 7. The van der Waals surface area contributed by atoms with Gasteiger partial charge in [0.05, 0.1) is 18.2 Å². The zero-order valence-electron chi connectivity index (χ0n) is 15.9. The molecule has 1 fully saturated rings. The Hall–Kier alpha value is -2.82. The summed E-state index contributed by atoms with van der Waals surface area (Å²) in [5.74, 6) is 0.116. The van der Waals surface area contributed by atoms with E-state index in [-0.39, 0.29) is 24.2 Å². The number of para-hydroxylation sites is 2. The molecule has 0 saturated carbocycles. The summed E-state index contributed by atoms with van der Waals surface area (Å²) >= 11 is 0. The molecule has 1 aliphatic heterocycles. The number of anilines is 2. The van der Waals surface area contributed by atoms with E-state index in [1.165, 1.54) is 5.56 Å². The molecular formula is C22H26N2O3. The number of carbonyl (C=O) groups excluding carboxylic acids is 2. The molecular weight excluding hydrogens is 340 g/mol. The molecule has 0 radical (unpaired) electrons. The Labute approximate surface area is 160 Å². The summed E-state index contributed by atoms with van der Waals surface area (Å²) in [6.45, 7) is 5.12. The van der Waals surface area contributed by atoms with Crippen molar-refractivity contribution in [2.45, 2.75) is 33.1 Å². The second-order valence-electron chi connectivity index (χ2n) is 6.76. The largest absolute Gasteiger partial charge is 0.491 e. The molecule has 1 N–H and O–H groups in total. The first kappa shape index (κ1) is 19.0. The van der Waals surface area contributed by atoms with Gasteiger partial charge in [0.2, 0.25) is 11.8 Å². The molecule has 1 saturated heterocycles. The molecule has 0 aliphatic carbocycles. The SMILES string of the molecule is CCCOc1ccccc1NC(=O)C1CC(=O)N(c2ccc(CC)cc2)C1. The van der Waals surface area contributed by atoms with E-state index in [9.17, 15) is 9.59 Å². The highest BCUT2D eigenvalue weighted by Crippen LogP contribution is 2.29. The van der Waals surface area contributed by atoms with Crippen LogP contribution in [0.2, 0.25) is 0 Å². The lowest BCUT2D eigenvalue weighted by Crippen LogP contribution is -2.28. The van der Waals surface area contributed by atoms with Crippen molar-refractivity contribution in [3.05, 3.63) is 54.1 Å². The zero-order valence-corrected chi connectivity index (χ0v) is 15.9. The minimum absolute atomic E-state index is 0.0186. The van der Waals surface area contributed by atoms with Crippen LogP contribution in [0.3, 0.4) is 0 Å². The Morgan fingerprint density at radius 3 is 2.59 bits per heavy atom. The molecule has 2 aromatic carbocycles. The van der Waals surface area contributed by atoms with Crippen molar-refractivity contribution in [3.63, 3.8) is 0 Å². The number of nitrogens with zero attached hydrogens (tertiary/aromatic N) is 1. The Morgan fingerprint density at radius 2 is 1.89 bits per heavy atom. The van der Waals surface area contributed by atoms with Crippen LogP contribution in [-0.2, 0) is 16.0 Å². The average molecular weight is 366 g/mol. The highest BCUT2D eigenvalue weighted by molar-refractivity contribution is 6.03. The van der Waals surface area contributed by atoms with Crippen LogP contribution in [0.5, 0.6) is 5.75 Å². The van der Waals surface area contributed by atoms with Gasteiger partial charge >= 0.3 is 0 Å². The van der Waals surface area contributed by atoms with Crippen LogP contribution in [-0.4, -0.2) is 25.0 Å². The molecule has 1 heterocycles. The highest BCUT2D eigenvalue weighted by Gasteiger charge is 2.35. The Balaban J connectivity index is 1.67. The van der Waals surface area contributed by atoms with Gasteiger partial charge < -0.3 is 15.0 Å². The number of benzene rings is 2. The zero-order chi connectivity index (χ0) is 19.2. The fourth-order valence-electron chi connectivity index (χ4n) is 3.19. The van der Waals surface area contributed by atoms with Gasteiger partial charge in [-0.3, -0.25) is 9.59 Å². The maximum Gasteiger partial charge on any atom is 0.229 e. The van der Waals surface area contributed by atoms with E-state index < -0.39 is 0 Å². The summed E-state index contributed by atoms with van der Waals surface area (Å²) in [4.78, 5) is 26.8. The van der Waals surface area contributed by atoms with Crippen molar-refractivity contribution in [1.29, 1.82) is 0 Å². The van der Waals surface area contributed by atoms with Gasteiger partial charge in [0, 0.05) is 18.7 Å². The number of hydrogen-bond acceptors (Lipinski definition) is 3. The molecule has 2 amide bonds. The van der Waals surface area contributed by atoms with E-state index in [1.54, 1.807) is 4.90 Å². The van der Waals surface area contributed by atoms with Crippen LogP contribution < -0.4 is 15.0 Å². The summed E-state index contributed by atoms with van der Waals surface area (Å²) in [5.41, 5.74) is 2.72. The van der Waals surface area contributed by atoms with E-state index >= 15 is 0 Å². The van der Waals surface area contributed by atoms with Gasteiger partial charge in [-0.1, -0.05) is 38.1 Å². The quantitative estimate of drug-likeness (QED) is 0.805. The third kappa shape index (κ3) is 4.48. The molecule has 3 rings (SSSR count). The summed E-state index contributed by atoms with van der Waals surface area (Å²) in [5, 5.41) is 2.93. The van der Waals surface area contributed by atoms with Crippen molar-refractivity contribution in [2.75, 3.05) is 23.4 Å². The molecule has 0 aromatic heterocycles. The van der Waals surface area contributed by atoms with Crippen molar-refractivity contribution in [2.24, 2.45) is 5.92 Å². The van der Waals surface area contributed by atoms with Gasteiger partial charge in [0.1, 0.15) is 5.75 Å². The molecule has 0 spiro atoms. The van der Waals surface area contributed by atoms with Crippen molar-refractivity contribution < 1.29 is 14.3 Å². The lowest BCUT2D eigenvalue weighted by atomic mass is 10.1. The Kier molecular flexibility index (Phi) is 6.12. The molecule has 5 heteroatoms. The number of carbonyl (C=O) groups is 2. The number of nitrogens with one attached hydrogen (secondary N) is 1. The number of aryl methyl sites for hydroxylation is 1. The van der Waals surface area contributed by atoms with Gasteiger partial charge in [0.25, 0.3) is 0 Å². The number of ether oxygens (including phenoxy) is 1. The van der Waals surface area contributed by atoms with Crippen LogP contribution in [0.15, 0.2) is 48.5 Å². The summed E-state index contributed by atoms with van der Waals surface area (Å²) in [7, 11) is 0. The van der Waals surface area contributed by atoms with E-state index in [0.29, 0.717) is 24.6 Å². The Bertz CT molecular complexity index is 801. The van der Waals surface area contributed by atoms with Gasteiger partial charge in [-0.05, 0) is 42.7 Å². The smallest absolute Gasteiger partial charge is 0.229 e. The van der Waals surface area contributed by atoms with Crippen LogP contribution in [0.25, 0.3) is 0 Å². The first-order valence-electron chi connectivity index (χ1n) is 9.54. The summed E-state index contributed by atoms with van der Waals surface area (Å²) in [6.07, 6.45) is 2.07. The van der Waals surface area contributed by atoms with E-state index in [2.05, 4.69) is 12.2 Å². The third-order valence-corrected chi connectivity index (χ3v) is 4.76. The van der Waals surface area contributed by atoms with Crippen molar-refractivity contribution in [1.82, 2.24) is 0 Å². The van der Waals surface area contributed by atoms with Gasteiger partial charge in [-0.25, -0.2) is 0 Å². The maximum absolute atomic E-state index is 12.7. The Morgan fingerprint density at radius 1 is 1.15 bits per heavy atom. The molecule has 27 heavy (non-hydrogen) atoms. The van der Waals surface area contributed by atoms with Crippen LogP contribution in [0, 0.1) is 5.92 Å². The van der Waals surface area contributed by atoms with E-state index in [1.807, 2.05) is 55.5 Å². The van der Waals surface area contributed by atoms with E-state index in [0.717, 1.165) is 18.5 Å². The van der Waals surface area contributed by atoms with E-state index in [4.69, 9.17) is 4.74 Å². The minimum Gasteiger partial charge on any atom is -0.491 e. The van der Waals surface area contributed by atoms with Gasteiger partial charge in [0.15, 0.2) is 0 Å². The summed E-state index contributed by atoms with van der Waals surface area (Å²) < 4.78 is 5.69. The molecule has 0 bridgehead atoms. The first-order chi connectivity index (χ1) is 13.1. The van der Waals surface area contributed by atoms with Crippen molar-refractivity contribution >= 4 is 23.2 Å². The maximum atomic E-state index is 12.7. The first-order valence-corrected chi connectivity index (χ1v) is 9.54. The topological polar surface area (TPSA) is 58.6 Å². The monoisotopic (exact) mass is 366 g/mol. The summed E-state index contributed by atoms with van der Waals surface area (Å²) in [6, 6.07) is 15.3. The van der Waals surface area contributed by atoms with Gasteiger partial charge in [-0.2, -0.15) is 0 Å².